The monoisotopic (exact) mass is 309 g/mol. The van der Waals surface area contributed by atoms with Gasteiger partial charge in [-0.05, 0) is 25.5 Å². The van der Waals surface area contributed by atoms with Gasteiger partial charge in [-0.25, -0.2) is 4.79 Å². The van der Waals surface area contributed by atoms with E-state index in [1.54, 1.807) is 25.1 Å². The van der Waals surface area contributed by atoms with E-state index in [1.165, 1.54) is 18.9 Å². The molecule has 0 radical (unpaired) electrons. The minimum Gasteiger partial charge on any atom is -0.504 e. The Morgan fingerprint density at radius 1 is 1.52 bits per heavy atom. The molecule has 0 fully saturated rings. The lowest BCUT2D eigenvalue weighted by molar-refractivity contribution is -0.145. The largest absolute Gasteiger partial charge is 0.504 e. The zero-order valence-electron chi connectivity index (χ0n) is 12.4. The van der Waals surface area contributed by atoms with Crippen LogP contribution in [-0.2, 0) is 9.53 Å². The van der Waals surface area contributed by atoms with E-state index < -0.39 is 5.54 Å². The number of hydrogen-bond acceptors (Lipinski definition) is 6. The third-order valence-electron chi connectivity index (χ3n) is 3.15. The standard InChI is InChI=1S/C15H19NO4S/c1-4-8-20-11-7-5-6-10(12(11)17)13-16-15(2,9-21-13)14(18)19-3/h5-7,17H,4,8-9H2,1-3H3/t15-/m1/s1. The number of aromatic hydroxyl groups is 1. The van der Waals surface area contributed by atoms with Gasteiger partial charge in [0, 0.05) is 5.75 Å². The number of thioether (sulfide) groups is 1. The SMILES string of the molecule is CCCOc1cccc(C2=N[C@@](C)(C(=O)OC)CS2)c1O. The Bertz CT molecular complexity index is 573. The van der Waals surface area contributed by atoms with Crippen molar-refractivity contribution in [3.05, 3.63) is 23.8 Å². The van der Waals surface area contributed by atoms with E-state index in [2.05, 4.69) is 4.99 Å². The average molecular weight is 309 g/mol. The quantitative estimate of drug-likeness (QED) is 0.847. The molecule has 0 saturated carbocycles. The van der Waals surface area contributed by atoms with Crippen molar-refractivity contribution >= 4 is 22.8 Å². The van der Waals surface area contributed by atoms with Crippen LogP contribution in [0.1, 0.15) is 25.8 Å². The number of carbonyl (C=O) groups excluding carboxylic acids is 1. The number of hydrogen-bond donors (Lipinski definition) is 1. The number of benzene rings is 1. The van der Waals surface area contributed by atoms with Gasteiger partial charge in [0.2, 0.25) is 0 Å². The molecule has 6 heteroatoms. The van der Waals surface area contributed by atoms with Crippen LogP contribution in [-0.4, -0.2) is 41.1 Å². The first-order chi connectivity index (χ1) is 10.0. The van der Waals surface area contributed by atoms with E-state index in [4.69, 9.17) is 9.47 Å². The van der Waals surface area contributed by atoms with Crippen LogP contribution in [0.4, 0.5) is 0 Å². The van der Waals surface area contributed by atoms with Crippen LogP contribution < -0.4 is 4.74 Å². The third-order valence-corrected chi connectivity index (χ3v) is 4.45. The highest BCUT2D eigenvalue weighted by molar-refractivity contribution is 8.14. The molecule has 21 heavy (non-hydrogen) atoms. The van der Waals surface area contributed by atoms with Crippen molar-refractivity contribution in [3.63, 3.8) is 0 Å². The Hall–Kier alpha value is -1.69. The lowest BCUT2D eigenvalue weighted by atomic mass is 10.1. The van der Waals surface area contributed by atoms with E-state index in [0.29, 0.717) is 28.7 Å². The van der Waals surface area contributed by atoms with Gasteiger partial charge in [0.05, 0.1) is 19.3 Å². The maximum Gasteiger partial charge on any atom is 0.334 e. The van der Waals surface area contributed by atoms with Crippen LogP contribution >= 0.6 is 11.8 Å². The smallest absolute Gasteiger partial charge is 0.334 e. The Labute approximate surface area is 128 Å². The number of ether oxygens (including phenoxy) is 2. The van der Waals surface area contributed by atoms with Crippen LogP contribution in [0.2, 0.25) is 0 Å². The number of methoxy groups -OCH3 is 1. The third kappa shape index (κ3) is 3.15. The van der Waals surface area contributed by atoms with Crippen LogP contribution in [0.15, 0.2) is 23.2 Å². The summed E-state index contributed by atoms with van der Waals surface area (Å²) in [5.74, 6) is 0.618. The van der Waals surface area contributed by atoms with Crippen molar-refractivity contribution in [1.29, 1.82) is 0 Å². The van der Waals surface area contributed by atoms with Crippen LogP contribution in [0.25, 0.3) is 0 Å². The van der Waals surface area contributed by atoms with Gasteiger partial charge < -0.3 is 14.6 Å². The molecule has 1 aromatic carbocycles. The molecular formula is C15H19NO4S. The summed E-state index contributed by atoms with van der Waals surface area (Å²) in [4.78, 5) is 16.2. The maximum absolute atomic E-state index is 11.8. The minimum atomic E-state index is -0.901. The molecule has 0 aliphatic carbocycles. The fourth-order valence-corrected chi connectivity index (χ4v) is 3.17. The molecule has 0 unspecified atom stereocenters. The molecular weight excluding hydrogens is 290 g/mol. The fraction of sp³-hybridized carbons (Fsp3) is 0.467. The maximum atomic E-state index is 11.8. The molecule has 114 valence electrons. The van der Waals surface area contributed by atoms with E-state index in [9.17, 15) is 9.90 Å². The predicted octanol–water partition coefficient (Wildman–Crippen LogP) is 2.61. The van der Waals surface area contributed by atoms with E-state index in [1.807, 2.05) is 6.92 Å². The van der Waals surface area contributed by atoms with Crippen molar-refractivity contribution in [2.24, 2.45) is 4.99 Å². The van der Waals surface area contributed by atoms with Gasteiger partial charge in [0.25, 0.3) is 0 Å². The Kier molecular flexibility index (Phi) is 4.77. The van der Waals surface area contributed by atoms with Crippen molar-refractivity contribution in [1.82, 2.24) is 0 Å². The highest BCUT2D eigenvalue weighted by Gasteiger charge is 2.40. The summed E-state index contributed by atoms with van der Waals surface area (Å²) in [5, 5.41) is 10.9. The van der Waals surface area contributed by atoms with Gasteiger partial charge >= 0.3 is 5.97 Å². The number of phenolic OH excluding ortho intramolecular Hbond substituents is 1. The van der Waals surface area contributed by atoms with Crippen molar-refractivity contribution < 1.29 is 19.4 Å². The topological polar surface area (TPSA) is 68.1 Å². The van der Waals surface area contributed by atoms with E-state index in [-0.39, 0.29) is 11.7 Å². The van der Waals surface area contributed by atoms with Crippen molar-refractivity contribution in [2.75, 3.05) is 19.5 Å². The summed E-state index contributed by atoms with van der Waals surface area (Å²) < 4.78 is 10.3. The summed E-state index contributed by atoms with van der Waals surface area (Å²) in [6, 6.07) is 5.29. The number of rotatable bonds is 5. The molecule has 1 heterocycles. The number of esters is 1. The minimum absolute atomic E-state index is 0.0614. The molecule has 0 aromatic heterocycles. The van der Waals surface area contributed by atoms with Gasteiger partial charge in [-0.1, -0.05) is 13.0 Å². The Balaban J connectivity index is 2.31. The van der Waals surface area contributed by atoms with Gasteiger partial charge in [-0.2, -0.15) is 0 Å². The Morgan fingerprint density at radius 3 is 2.95 bits per heavy atom. The van der Waals surface area contributed by atoms with Crippen LogP contribution in [0, 0.1) is 0 Å². The molecule has 1 aliphatic heterocycles. The lowest BCUT2D eigenvalue weighted by Gasteiger charge is -2.15. The number of carbonyl (C=O) groups is 1. The summed E-state index contributed by atoms with van der Waals surface area (Å²) in [6.07, 6.45) is 0.861. The second kappa shape index (κ2) is 6.39. The van der Waals surface area contributed by atoms with Crippen LogP contribution in [0.5, 0.6) is 11.5 Å². The van der Waals surface area contributed by atoms with Gasteiger partial charge in [-0.15, -0.1) is 11.8 Å². The number of nitrogens with zero attached hydrogens (tertiary/aromatic N) is 1. The highest BCUT2D eigenvalue weighted by atomic mass is 32.2. The highest BCUT2D eigenvalue weighted by Crippen LogP contribution is 2.38. The molecule has 1 aromatic rings. The molecule has 1 atom stereocenters. The molecule has 0 bridgehead atoms. The van der Waals surface area contributed by atoms with Crippen LogP contribution in [0.3, 0.4) is 0 Å². The van der Waals surface area contributed by atoms with E-state index >= 15 is 0 Å². The van der Waals surface area contributed by atoms with Crippen molar-refractivity contribution in [3.8, 4) is 11.5 Å². The second-order valence-electron chi connectivity index (χ2n) is 4.97. The first-order valence-electron chi connectivity index (χ1n) is 6.78. The number of phenols is 1. The van der Waals surface area contributed by atoms with E-state index in [0.717, 1.165) is 6.42 Å². The summed E-state index contributed by atoms with van der Waals surface area (Å²) in [6.45, 7) is 4.27. The zero-order chi connectivity index (χ0) is 15.5. The molecule has 1 N–H and O–H groups in total. The summed E-state index contributed by atoms with van der Waals surface area (Å²) in [5.41, 5.74) is -0.317. The molecule has 5 nitrogen and oxygen atoms in total. The van der Waals surface area contributed by atoms with Gasteiger partial charge in [-0.3, -0.25) is 4.99 Å². The Morgan fingerprint density at radius 2 is 2.29 bits per heavy atom. The fourth-order valence-electron chi connectivity index (χ4n) is 1.98. The number of aliphatic imine (C=N–C) groups is 1. The zero-order valence-corrected chi connectivity index (χ0v) is 13.2. The normalized spacial score (nSPS) is 21.0. The predicted molar refractivity (Wildman–Crippen MR) is 83.3 cm³/mol. The molecule has 0 amide bonds. The summed E-state index contributed by atoms with van der Waals surface area (Å²) >= 11 is 1.43. The number of para-hydroxylation sites is 1. The molecule has 0 saturated heterocycles. The molecule has 0 spiro atoms. The van der Waals surface area contributed by atoms with Gasteiger partial charge in [0.1, 0.15) is 5.04 Å². The summed E-state index contributed by atoms with van der Waals surface area (Å²) in [7, 11) is 1.35. The first kappa shape index (κ1) is 15.7. The van der Waals surface area contributed by atoms with Crippen molar-refractivity contribution in [2.45, 2.75) is 25.8 Å². The average Bonchev–Trinajstić information content (AvgIpc) is 2.89. The molecule has 2 rings (SSSR count). The first-order valence-corrected chi connectivity index (χ1v) is 7.76. The lowest BCUT2D eigenvalue weighted by Crippen LogP contribution is -2.34. The van der Waals surface area contributed by atoms with Gasteiger partial charge in [0.15, 0.2) is 17.0 Å². The second-order valence-corrected chi connectivity index (χ2v) is 5.94. The molecule has 1 aliphatic rings.